The maximum Gasteiger partial charge on any atom is 0.362 e. The van der Waals surface area contributed by atoms with E-state index in [4.69, 9.17) is 4.84 Å². The molecule has 0 unspecified atom stereocenters. The van der Waals surface area contributed by atoms with Gasteiger partial charge in [0.2, 0.25) is 0 Å². The number of anilines is 1. The van der Waals surface area contributed by atoms with E-state index in [-0.39, 0.29) is 17.1 Å². The molecule has 0 heterocycles. The van der Waals surface area contributed by atoms with E-state index >= 15 is 0 Å². The van der Waals surface area contributed by atoms with Crippen LogP contribution in [0.3, 0.4) is 0 Å². The van der Waals surface area contributed by atoms with Gasteiger partial charge in [0.05, 0.1) is 22.5 Å². The standard InChI is InChI=1S/C20H15N3O5/c24-16-10-11-17(18(25)12-16)19(26)22-21-14-6-8-15(9-7-14)23-28-20(27)13-4-2-1-3-5-13/h1-12,23-25H. The van der Waals surface area contributed by atoms with Gasteiger partial charge in [0.25, 0.3) is 5.91 Å². The van der Waals surface area contributed by atoms with Crippen molar-refractivity contribution in [3.8, 4) is 11.5 Å². The molecule has 0 saturated heterocycles. The number of benzene rings is 3. The van der Waals surface area contributed by atoms with E-state index in [1.807, 2.05) is 0 Å². The fourth-order valence-electron chi connectivity index (χ4n) is 2.19. The van der Waals surface area contributed by atoms with Gasteiger partial charge in [0.1, 0.15) is 11.5 Å². The van der Waals surface area contributed by atoms with Gasteiger partial charge in [-0.05, 0) is 48.5 Å². The smallest absolute Gasteiger partial charge is 0.362 e. The molecule has 0 spiro atoms. The summed E-state index contributed by atoms with van der Waals surface area (Å²) in [5.41, 5.74) is 3.75. The maximum atomic E-state index is 12.0. The second kappa shape index (κ2) is 8.45. The Morgan fingerprint density at radius 1 is 0.893 bits per heavy atom. The largest absolute Gasteiger partial charge is 0.508 e. The number of rotatable bonds is 5. The number of carbonyl (C=O) groups is 2. The first-order chi connectivity index (χ1) is 13.5. The Hall–Kier alpha value is -4.20. The third-order valence-electron chi connectivity index (χ3n) is 3.61. The molecule has 8 heteroatoms. The molecule has 0 aliphatic heterocycles. The zero-order chi connectivity index (χ0) is 19.9. The van der Waals surface area contributed by atoms with Gasteiger partial charge in [-0.25, -0.2) is 10.3 Å². The van der Waals surface area contributed by atoms with Gasteiger partial charge >= 0.3 is 5.97 Å². The van der Waals surface area contributed by atoms with E-state index in [0.717, 1.165) is 6.07 Å². The molecule has 3 rings (SSSR count). The van der Waals surface area contributed by atoms with Crippen LogP contribution >= 0.6 is 0 Å². The summed E-state index contributed by atoms with van der Waals surface area (Å²) in [5.74, 6) is -1.83. The molecule has 0 aliphatic carbocycles. The zero-order valence-electron chi connectivity index (χ0n) is 14.4. The number of azo groups is 1. The lowest BCUT2D eigenvalue weighted by molar-refractivity contribution is 0.0596. The van der Waals surface area contributed by atoms with Crippen molar-refractivity contribution in [2.24, 2.45) is 10.2 Å². The summed E-state index contributed by atoms with van der Waals surface area (Å²) < 4.78 is 0. The van der Waals surface area contributed by atoms with Crippen molar-refractivity contribution in [2.45, 2.75) is 0 Å². The predicted octanol–water partition coefficient (Wildman–Crippen LogP) is 4.21. The quantitative estimate of drug-likeness (QED) is 0.452. The highest BCUT2D eigenvalue weighted by molar-refractivity contribution is 5.97. The van der Waals surface area contributed by atoms with E-state index < -0.39 is 11.9 Å². The highest BCUT2D eigenvalue weighted by Crippen LogP contribution is 2.24. The van der Waals surface area contributed by atoms with Gasteiger partial charge in [-0.2, -0.15) is 0 Å². The average molecular weight is 377 g/mol. The first kappa shape index (κ1) is 18.6. The molecule has 3 aromatic carbocycles. The minimum Gasteiger partial charge on any atom is -0.508 e. The van der Waals surface area contributed by atoms with E-state index in [1.54, 1.807) is 54.6 Å². The van der Waals surface area contributed by atoms with E-state index in [0.29, 0.717) is 16.9 Å². The van der Waals surface area contributed by atoms with Gasteiger partial charge in [0.15, 0.2) is 0 Å². The van der Waals surface area contributed by atoms with Crippen LogP contribution in [0.4, 0.5) is 11.4 Å². The SMILES string of the molecule is O=C(ONc1ccc(N=NC(=O)c2ccc(O)cc2O)cc1)c1ccccc1. The Bertz CT molecular complexity index is 1020. The summed E-state index contributed by atoms with van der Waals surface area (Å²) in [6.45, 7) is 0. The van der Waals surface area contributed by atoms with E-state index in [9.17, 15) is 19.8 Å². The fourth-order valence-corrected chi connectivity index (χ4v) is 2.19. The number of phenols is 2. The van der Waals surface area contributed by atoms with Gasteiger partial charge in [-0.1, -0.05) is 18.2 Å². The highest BCUT2D eigenvalue weighted by Gasteiger charge is 2.11. The predicted molar refractivity (Wildman–Crippen MR) is 101 cm³/mol. The number of phenolic OH excluding ortho intramolecular Hbond substituents is 2. The molecule has 3 aromatic rings. The summed E-state index contributed by atoms with van der Waals surface area (Å²) in [5, 5.41) is 26.2. The summed E-state index contributed by atoms with van der Waals surface area (Å²) >= 11 is 0. The van der Waals surface area contributed by atoms with Crippen molar-refractivity contribution in [3.63, 3.8) is 0 Å². The molecular weight excluding hydrogens is 362 g/mol. The van der Waals surface area contributed by atoms with Crippen molar-refractivity contribution in [3.05, 3.63) is 83.9 Å². The molecule has 0 fully saturated rings. The van der Waals surface area contributed by atoms with Crippen LogP contribution in [0.15, 0.2) is 83.0 Å². The molecule has 0 radical (unpaired) electrons. The van der Waals surface area contributed by atoms with Crippen molar-refractivity contribution >= 4 is 23.3 Å². The summed E-state index contributed by atoms with van der Waals surface area (Å²) in [7, 11) is 0. The van der Waals surface area contributed by atoms with Crippen LogP contribution in [-0.2, 0) is 4.84 Å². The fraction of sp³-hybridized carbons (Fsp3) is 0. The number of aromatic hydroxyl groups is 2. The molecule has 140 valence electrons. The average Bonchev–Trinajstić information content (AvgIpc) is 2.71. The monoisotopic (exact) mass is 377 g/mol. The third-order valence-corrected chi connectivity index (χ3v) is 3.61. The third kappa shape index (κ3) is 4.70. The molecule has 0 aliphatic rings. The van der Waals surface area contributed by atoms with Crippen molar-refractivity contribution < 1.29 is 24.6 Å². The molecule has 1 amide bonds. The van der Waals surface area contributed by atoms with Crippen LogP contribution in [0.25, 0.3) is 0 Å². The number of carbonyl (C=O) groups excluding carboxylic acids is 2. The molecule has 0 saturated carbocycles. The van der Waals surface area contributed by atoms with Crippen molar-refractivity contribution in [1.82, 2.24) is 0 Å². The van der Waals surface area contributed by atoms with Gasteiger partial charge < -0.3 is 15.1 Å². The molecule has 8 nitrogen and oxygen atoms in total. The van der Waals surface area contributed by atoms with E-state index in [2.05, 4.69) is 15.7 Å². The zero-order valence-corrected chi connectivity index (χ0v) is 14.4. The Balaban J connectivity index is 1.59. The van der Waals surface area contributed by atoms with Gasteiger partial charge in [-0.15, -0.1) is 10.2 Å². The van der Waals surface area contributed by atoms with Crippen LogP contribution < -0.4 is 5.48 Å². The minimum atomic E-state index is -0.753. The molecule has 0 bridgehead atoms. The maximum absolute atomic E-state index is 12.0. The Morgan fingerprint density at radius 2 is 1.61 bits per heavy atom. The number of amides is 1. The topological polar surface area (TPSA) is 121 Å². The lowest BCUT2D eigenvalue weighted by atomic mass is 10.2. The molecule has 3 N–H and O–H groups in total. The summed E-state index contributed by atoms with van der Waals surface area (Å²) in [4.78, 5) is 28.8. The van der Waals surface area contributed by atoms with Crippen molar-refractivity contribution in [2.75, 3.05) is 5.48 Å². The number of nitrogens with one attached hydrogen (secondary N) is 1. The second-order valence-electron chi connectivity index (χ2n) is 5.61. The summed E-state index contributed by atoms with van der Waals surface area (Å²) in [6, 6.07) is 18.4. The first-order valence-corrected chi connectivity index (χ1v) is 8.13. The van der Waals surface area contributed by atoms with Crippen LogP contribution in [0.2, 0.25) is 0 Å². The highest BCUT2D eigenvalue weighted by atomic mass is 16.7. The van der Waals surface area contributed by atoms with Crippen LogP contribution in [0, 0.1) is 0 Å². The van der Waals surface area contributed by atoms with E-state index in [1.165, 1.54) is 12.1 Å². The minimum absolute atomic E-state index is 0.0762. The van der Waals surface area contributed by atoms with Crippen molar-refractivity contribution in [1.29, 1.82) is 0 Å². The van der Waals surface area contributed by atoms with Gasteiger partial charge in [0, 0.05) is 6.07 Å². The molecular formula is C20H15N3O5. The lowest BCUT2D eigenvalue weighted by Gasteiger charge is -2.06. The van der Waals surface area contributed by atoms with Crippen LogP contribution in [0.5, 0.6) is 11.5 Å². The normalized spacial score (nSPS) is 10.6. The molecule has 0 atom stereocenters. The molecule has 0 aromatic heterocycles. The Labute approximate surface area is 159 Å². The number of nitrogens with zero attached hydrogens (tertiary/aromatic N) is 2. The Kier molecular flexibility index (Phi) is 5.61. The molecule has 28 heavy (non-hydrogen) atoms. The van der Waals surface area contributed by atoms with Crippen LogP contribution in [-0.4, -0.2) is 22.1 Å². The Morgan fingerprint density at radius 3 is 2.29 bits per heavy atom. The first-order valence-electron chi connectivity index (χ1n) is 8.13. The van der Waals surface area contributed by atoms with Gasteiger partial charge in [-0.3, -0.25) is 4.79 Å². The summed E-state index contributed by atoms with van der Waals surface area (Å²) in [6.07, 6.45) is 0. The lowest BCUT2D eigenvalue weighted by Crippen LogP contribution is -2.10. The number of hydrogen-bond donors (Lipinski definition) is 3. The van der Waals surface area contributed by atoms with Crippen LogP contribution in [0.1, 0.15) is 20.7 Å². The second-order valence-corrected chi connectivity index (χ2v) is 5.61. The number of hydrogen-bond acceptors (Lipinski definition) is 7.